The highest BCUT2D eigenvalue weighted by Gasteiger charge is 2.36. The van der Waals surface area contributed by atoms with Gasteiger partial charge in [0.05, 0.1) is 30.8 Å². The standard InChI is InChI=1S/C16H17F3N8O/c1-27-2-3-28-11(9-27)7-22-12-4-13(25-26-15(12)16(17,18)19)24-14-8-21-10(5-20)6-23-14/h4,6,8,11H,2-3,7,9H2,1H3,(H2,22,23,24,25). The third-order valence-corrected chi connectivity index (χ3v) is 3.95. The molecule has 28 heavy (non-hydrogen) atoms. The first-order chi connectivity index (χ1) is 13.3. The summed E-state index contributed by atoms with van der Waals surface area (Å²) in [5.74, 6) is 0.271. The van der Waals surface area contributed by atoms with E-state index in [1.807, 2.05) is 18.0 Å². The van der Waals surface area contributed by atoms with Crippen molar-refractivity contribution in [3.05, 3.63) is 29.8 Å². The number of nitriles is 1. The van der Waals surface area contributed by atoms with Crippen LogP contribution in [0.2, 0.25) is 0 Å². The summed E-state index contributed by atoms with van der Waals surface area (Å²) in [5.41, 5.74) is -1.22. The number of hydrogen-bond acceptors (Lipinski definition) is 9. The fraction of sp³-hybridized carbons (Fsp3) is 0.438. The molecule has 2 aromatic rings. The van der Waals surface area contributed by atoms with Gasteiger partial charge in [0.25, 0.3) is 0 Å². The number of nitrogens with one attached hydrogen (secondary N) is 2. The molecule has 3 heterocycles. The summed E-state index contributed by atoms with van der Waals surface area (Å²) in [6, 6.07) is 3.02. The third kappa shape index (κ3) is 5.02. The summed E-state index contributed by atoms with van der Waals surface area (Å²) < 4.78 is 45.3. The minimum atomic E-state index is -4.66. The van der Waals surface area contributed by atoms with E-state index in [4.69, 9.17) is 10.00 Å². The van der Waals surface area contributed by atoms with Crippen molar-refractivity contribution in [3.8, 4) is 6.07 Å². The van der Waals surface area contributed by atoms with Crippen LogP contribution in [-0.4, -0.2) is 64.5 Å². The molecule has 1 fully saturated rings. The summed E-state index contributed by atoms with van der Waals surface area (Å²) in [6.45, 7) is 2.10. The van der Waals surface area contributed by atoms with Crippen LogP contribution >= 0.6 is 0 Å². The van der Waals surface area contributed by atoms with Gasteiger partial charge in [0.1, 0.15) is 11.9 Å². The lowest BCUT2D eigenvalue weighted by Gasteiger charge is -2.30. The first kappa shape index (κ1) is 19.7. The largest absolute Gasteiger partial charge is 0.437 e. The van der Waals surface area contributed by atoms with Gasteiger partial charge in [-0.15, -0.1) is 10.2 Å². The van der Waals surface area contributed by atoms with Crippen LogP contribution < -0.4 is 10.6 Å². The van der Waals surface area contributed by atoms with Gasteiger partial charge in [0, 0.05) is 25.7 Å². The summed E-state index contributed by atoms with van der Waals surface area (Å²) in [7, 11) is 1.92. The molecule has 2 aromatic heterocycles. The minimum absolute atomic E-state index is 0.0520. The van der Waals surface area contributed by atoms with Crippen molar-refractivity contribution < 1.29 is 17.9 Å². The zero-order chi connectivity index (χ0) is 20.1. The Hall–Kier alpha value is -3.04. The third-order valence-electron chi connectivity index (χ3n) is 3.95. The van der Waals surface area contributed by atoms with Crippen LogP contribution in [0.1, 0.15) is 11.4 Å². The lowest BCUT2D eigenvalue weighted by molar-refractivity contribution is -0.141. The Morgan fingerprint density at radius 1 is 1.29 bits per heavy atom. The van der Waals surface area contributed by atoms with Crippen molar-refractivity contribution in [2.24, 2.45) is 0 Å². The van der Waals surface area contributed by atoms with Crippen LogP contribution in [0.4, 0.5) is 30.5 Å². The average molecular weight is 394 g/mol. The predicted octanol–water partition coefficient (Wildman–Crippen LogP) is 1.64. The molecule has 3 rings (SSSR count). The van der Waals surface area contributed by atoms with E-state index in [1.54, 1.807) is 0 Å². The number of aromatic nitrogens is 4. The highest BCUT2D eigenvalue weighted by Crippen LogP contribution is 2.34. The highest BCUT2D eigenvalue weighted by atomic mass is 19.4. The Morgan fingerprint density at radius 2 is 2.11 bits per heavy atom. The summed E-state index contributed by atoms with van der Waals surface area (Å²) in [4.78, 5) is 9.81. The van der Waals surface area contributed by atoms with Gasteiger partial charge in [0.15, 0.2) is 17.2 Å². The van der Waals surface area contributed by atoms with Crippen molar-refractivity contribution >= 4 is 17.3 Å². The lowest BCUT2D eigenvalue weighted by Crippen LogP contribution is -2.43. The Labute approximate surface area is 158 Å². The maximum atomic E-state index is 13.3. The first-order valence-corrected chi connectivity index (χ1v) is 8.33. The number of ether oxygens (including phenoxy) is 1. The maximum Gasteiger partial charge on any atom is 0.437 e. The molecule has 12 heteroatoms. The Balaban J connectivity index is 1.77. The van der Waals surface area contributed by atoms with Crippen molar-refractivity contribution in [1.29, 1.82) is 5.26 Å². The summed E-state index contributed by atoms with van der Waals surface area (Å²) >= 11 is 0. The molecule has 0 aliphatic carbocycles. The molecule has 1 saturated heterocycles. The number of alkyl halides is 3. The van der Waals surface area contributed by atoms with E-state index in [2.05, 4.69) is 30.8 Å². The normalized spacial score (nSPS) is 17.8. The van der Waals surface area contributed by atoms with Gasteiger partial charge >= 0.3 is 6.18 Å². The zero-order valence-corrected chi connectivity index (χ0v) is 14.9. The summed E-state index contributed by atoms with van der Waals surface area (Å²) in [5, 5.41) is 21.1. The molecule has 0 bridgehead atoms. The molecule has 148 valence electrons. The Morgan fingerprint density at radius 3 is 2.75 bits per heavy atom. The number of anilines is 3. The van der Waals surface area contributed by atoms with Crippen molar-refractivity contribution in [1.82, 2.24) is 25.1 Å². The smallest absolute Gasteiger partial charge is 0.380 e. The van der Waals surface area contributed by atoms with E-state index in [1.165, 1.54) is 18.5 Å². The van der Waals surface area contributed by atoms with Crippen molar-refractivity contribution in [2.75, 3.05) is 43.9 Å². The van der Waals surface area contributed by atoms with Gasteiger partial charge in [-0.25, -0.2) is 9.97 Å². The monoisotopic (exact) mass is 394 g/mol. The lowest BCUT2D eigenvalue weighted by atomic mass is 10.2. The van der Waals surface area contributed by atoms with Crippen molar-refractivity contribution in [2.45, 2.75) is 12.3 Å². The number of likely N-dealkylation sites (N-methyl/N-ethyl adjacent to an activating group) is 1. The molecule has 0 aromatic carbocycles. The highest BCUT2D eigenvalue weighted by molar-refractivity contribution is 5.60. The Kier molecular flexibility index (Phi) is 5.86. The van der Waals surface area contributed by atoms with Gasteiger partial charge in [-0.1, -0.05) is 0 Å². The van der Waals surface area contributed by atoms with Gasteiger partial charge in [-0.3, -0.25) is 0 Å². The van der Waals surface area contributed by atoms with E-state index in [9.17, 15) is 13.2 Å². The van der Waals surface area contributed by atoms with E-state index in [0.717, 1.165) is 6.54 Å². The van der Waals surface area contributed by atoms with Gasteiger partial charge in [0.2, 0.25) is 0 Å². The second-order valence-electron chi connectivity index (χ2n) is 6.15. The minimum Gasteiger partial charge on any atom is -0.380 e. The van der Waals surface area contributed by atoms with E-state index >= 15 is 0 Å². The van der Waals surface area contributed by atoms with Crippen molar-refractivity contribution in [3.63, 3.8) is 0 Å². The Bertz CT molecular complexity index is 852. The van der Waals surface area contributed by atoms with Crippen LogP contribution in [0.25, 0.3) is 0 Å². The quantitative estimate of drug-likeness (QED) is 0.781. The summed E-state index contributed by atoms with van der Waals surface area (Å²) in [6.07, 6.45) is -2.40. The van der Waals surface area contributed by atoms with Gasteiger partial charge in [-0.05, 0) is 7.05 Å². The fourth-order valence-electron chi connectivity index (χ4n) is 2.59. The topological polar surface area (TPSA) is 112 Å². The zero-order valence-electron chi connectivity index (χ0n) is 14.9. The molecule has 1 aliphatic rings. The molecule has 9 nitrogen and oxygen atoms in total. The van der Waals surface area contributed by atoms with Crippen LogP contribution in [0, 0.1) is 11.3 Å². The number of halogens is 3. The number of rotatable bonds is 5. The van der Waals surface area contributed by atoms with E-state index in [0.29, 0.717) is 13.2 Å². The van der Waals surface area contributed by atoms with Crippen LogP contribution in [-0.2, 0) is 10.9 Å². The van der Waals surface area contributed by atoms with Crippen LogP contribution in [0.3, 0.4) is 0 Å². The molecule has 0 amide bonds. The molecule has 2 N–H and O–H groups in total. The maximum absolute atomic E-state index is 13.3. The number of morpholine rings is 1. The molecule has 0 radical (unpaired) electrons. The SMILES string of the molecule is CN1CCOC(CNc2cc(Nc3cnc(C#N)cn3)nnc2C(F)(F)F)C1. The molecular weight excluding hydrogens is 377 g/mol. The predicted molar refractivity (Wildman–Crippen MR) is 92.8 cm³/mol. The van der Waals surface area contributed by atoms with Gasteiger partial charge in [-0.2, -0.15) is 18.4 Å². The number of nitrogens with zero attached hydrogens (tertiary/aromatic N) is 6. The fourth-order valence-corrected chi connectivity index (χ4v) is 2.59. The van der Waals surface area contributed by atoms with E-state index in [-0.39, 0.29) is 35.7 Å². The molecule has 0 saturated carbocycles. The van der Waals surface area contributed by atoms with E-state index < -0.39 is 11.9 Å². The molecule has 1 unspecified atom stereocenters. The van der Waals surface area contributed by atoms with Gasteiger partial charge < -0.3 is 20.3 Å². The van der Waals surface area contributed by atoms with Crippen LogP contribution in [0.15, 0.2) is 18.5 Å². The molecule has 0 spiro atoms. The molecular formula is C16H17F3N8O. The second-order valence-corrected chi connectivity index (χ2v) is 6.15. The average Bonchev–Trinajstić information content (AvgIpc) is 2.66. The molecule has 1 atom stereocenters. The number of hydrogen-bond donors (Lipinski definition) is 2. The second kappa shape index (κ2) is 8.32. The first-order valence-electron chi connectivity index (χ1n) is 8.33. The van der Waals surface area contributed by atoms with Crippen LogP contribution in [0.5, 0.6) is 0 Å². The molecule has 1 aliphatic heterocycles.